The number of fused-ring (bicyclic) bond motifs is 1. The zero-order chi connectivity index (χ0) is 13.7. The Bertz CT molecular complexity index is 421. The first-order chi connectivity index (χ1) is 9.22. The molecule has 0 radical (unpaired) electrons. The Balaban J connectivity index is 2.15. The number of hydrogen-bond donors (Lipinski definition) is 1. The molecule has 0 saturated carbocycles. The second-order valence-corrected chi connectivity index (χ2v) is 5.86. The largest absolute Gasteiger partial charge is 0.314 e. The zero-order valence-electron chi connectivity index (χ0n) is 12.4. The number of allylic oxidation sites excluding steroid dienone is 1. The Hall–Kier alpha value is -1.08. The van der Waals surface area contributed by atoms with E-state index in [0.29, 0.717) is 12.0 Å². The van der Waals surface area contributed by atoms with Gasteiger partial charge in [0.1, 0.15) is 0 Å². The van der Waals surface area contributed by atoms with Crippen molar-refractivity contribution in [3.8, 4) is 0 Å². The molecule has 0 spiro atoms. The van der Waals surface area contributed by atoms with Crippen molar-refractivity contribution in [2.45, 2.75) is 57.9 Å². The minimum absolute atomic E-state index is 0.600. The van der Waals surface area contributed by atoms with Crippen molar-refractivity contribution in [2.75, 3.05) is 6.54 Å². The highest BCUT2D eigenvalue weighted by atomic mass is 14.9. The molecular weight excluding hydrogens is 230 g/mol. The smallest absolute Gasteiger partial charge is 0.0139 e. The molecule has 0 bridgehead atoms. The summed E-state index contributed by atoms with van der Waals surface area (Å²) in [6, 6.07) is 9.62. The molecule has 1 aromatic carbocycles. The summed E-state index contributed by atoms with van der Waals surface area (Å²) in [5.74, 6) is 0.684. The summed E-state index contributed by atoms with van der Waals surface area (Å²) in [6.45, 7) is 9.45. The van der Waals surface area contributed by atoms with Crippen LogP contribution in [-0.2, 0) is 6.42 Å². The average Bonchev–Trinajstić information content (AvgIpc) is 2.43. The third kappa shape index (κ3) is 3.70. The molecule has 0 amide bonds. The molecule has 1 aromatic rings. The van der Waals surface area contributed by atoms with E-state index < -0.39 is 0 Å². The van der Waals surface area contributed by atoms with Crippen LogP contribution in [0.3, 0.4) is 0 Å². The zero-order valence-corrected chi connectivity index (χ0v) is 12.4. The lowest BCUT2D eigenvalue weighted by Crippen LogP contribution is -2.36. The first-order valence-electron chi connectivity index (χ1n) is 7.68. The molecule has 19 heavy (non-hydrogen) atoms. The second kappa shape index (κ2) is 6.91. The van der Waals surface area contributed by atoms with E-state index in [1.807, 2.05) is 0 Å². The van der Waals surface area contributed by atoms with Gasteiger partial charge in [-0.2, -0.15) is 0 Å². The first-order valence-corrected chi connectivity index (χ1v) is 7.68. The fraction of sp³-hybridized carbons (Fsp3) is 0.556. The molecule has 0 aliphatic heterocycles. The summed E-state index contributed by atoms with van der Waals surface area (Å²) >= 11 is 0. The SMILES string of the molecule is C=C(C)CCC(NCC)C1CCCc2ccccc21. The highest BCUT2D eigenvalue weighted by Gasteiger charge is 2.26. The predicted molar refractivity (Wildman–Crippen MR) is 83.6 cm³/mol. The standard InChI is InChI=1S/C18H27N/c1-4-19-18(13-12-14(2)3)17-11-7-9-15-8-5-6-10-16(15)17/h5-6,8,10,17-19H,2,4,7,9,11-13H2,1,3H3. The molecule has 1 heteroatoms. The monoisotopic (exact) mass is 257 g/mol. The summed E-state index contributed by atoms with van der Waals surface area (Å²) in [6.07, 6.45) is 6.26. The third-order valence-electron chi connectivity index (χ3n) is 4.25. The van der Waals surface area contributed by atoms with E-state index in [9.17, 15) is 0 Å². The van der Waals surface area contributed by atoms with Gasteiger partial charge in [0.05, 0.1) is 0 Å². The number of rotatable bonds is 6. The normalized spacial score (nSPS) is 19.8. The number of aryl methyl sites for hydroxylation is 1. The fourth-order valence-corrected chi connectivity index (χ4v) is 3.32. The van der Waals surface area contributed by atoms with Gasteiger partial charge in [0.15, 0.2) is 0 Å². The van der Waals surface area contributed by atoms with Crippen molar-refractivity contribution in [1.29, 1.82) is 0 Å². The van der Waals surface area contributed by atoms with Gasteiger partial charge in [0, 0.05) is 6.04 Å². The van der Waals surface area contributed by atoms with Crippen molar-refractivity contribution >= 4 is 0 Å². The Morgan fingerprint density at radius 1 is 1.42 bits per heavy atom. The van der Waals surface area contributed by atoms with Crippen molar-refractivity contribution in [2.24, 2.45) is 0 Å². The van der Waals surface area contributed by atoms with Gasteiger partial charge in [0.25, 0.3) is 0 Å². The van der Waals surface area contributed by atoms with Crippen molar-refractivity contribution in [1.82, 2.24) is 5.32 Å². The van der Waals surface area contributed by atoms with E-state index in [4.69, 9.17) is 0 Å². The molecule has 2 atom stereocenters. The summed E-state index contributed by atoms with van der Waals surface area (Å²) in [5, 5.41) is 3.71. The topological polar surface area (TPSA) is 12.0 Å². The van der Waals surface area contributed by atoms with Gasteiger partial charge >= 0.3 is 0 Å². The van der Waals surface area contributed by atoms with Gasteiger partial charge in [-0.3, -0.25) is 0 Å². The summed E-state index contributed by atoms with van der Waals surface area (Å²) in [7, 11) is 0. The second-order valence-electron chi connectivity index (χ2n) is 5.86. The maximum atomic E-state index is 4.05. The van der Waals surface area contributed by atoms with Crippen LogP contribution in [0.5, 0.6) is 0 Å². The minimum atomic E-state index is 0.600. The van der Waals surface area contributed by atoms with Crippen LogP contribution >= 0.6 is 0 Å². The first kappa shape index (κ1) is 14.3. The Morgan fingerprint density at radius 3 is 2.95 bits per heavy atom. The van der Waals surface area contributed by atoms with Crippen molar-refractivity contribution in [3.63, 3.8) is 0 Å². The van der Waals surface area contributed by atoms with Crippen LogP contribution in [0.1, 0.15) is 56.6 Å². The van der Waals surface area contributed by atoms with Crippen LogP contribution in [-0.4, -0.2) is 12.6 Å². The number of benzene rings is 1. The fourth-order valence-electron chi connectivity index (χ4n) is 3.32. The van der Waals surface area contributed by atoms with Crippen LogP contribution in [0.4, 0.5) is 0 Å². The van der Waals surface area contributed by atoms with Crippen molar-refractivity contribution < 1.29 is 0 Å². The molecule has 1 aliphatic carbocycles. The third-order valence-corrected chi connectivity index (χ3v) is 4.25. The van der Waals surface area contributed by atoms with E-state index >= 15 is 0 Å². The van der Waals surface area contributed by atoms with Crippen molar-refractivity contribution in [3.05, 3.63) is 47.5 Å². The lowest BCUT2D eigenvalue weighted by Gasteiger charge is -2.33. The number of nitrogens with one attached hydrogen (secondary N) is 1. The Morgan fingerprint density at radius 2 is 2.21 bits per heavy atom. The Kier molecular flexibility index (Phi) is 5.21. The Labute approximate surface area is 118 Å². The van der Waals surface area contributed by atoms with Gasteiger partial charge in [-0.25, -0.2) is 0 Å². The van der Waals surface area contributed by atoms with Crippen LogP contribution in [0, 0.1) is 0 Å². The van der Waals surface area contributed by atoms with Crippen LogP contribution in [0.2, 0.25) is 0 Å². The quantitative estimate of drug-likeness (QED) is 0.743. The van der Waals surface area contributed by atoms with E-state index in [0.717, 1.165) is 13.0 Å². The minimum Gasteiger partial charge on any atom is -0.314 e. The van der Waals surface area contributed by atoms with Crippen LogP contribution < -0.4 is 5.32 Å². The summed E-state index contributed by atoms with van der Waals surface area (Å²) in [4.78, 5) is 0. The molecule has 2 unspecified atom stereocenters. The van der Waals surface area contributed by atoms with Gasteiger partial charge in [-0.05, 0) is 62.6 Å². The number of likely N-dealkylation sites (N-methyl/N-ethyl adjacent to an activating group) is 1. The molecule has 0 saturated heterocycles. The van der Waals surface area contributed by atoms with E-state index in [-0.39, 0.29) is 0 Å². The lowest BCUT2D eigenvalue weighted by atomic mass is 9.77. The molecule has 1 aliphatic rings. The molecule has 0 fully saturated rings. The molecular formula is C18H27N. The molecule has 104 valence electrons. The van der Waals surface area contributed by atoms with E-state index in [2.05, 4.69) is 50.0 Å². The highest BCUT2D eigenvalue weighted by molar-refractivity contribution is 5.33. The maximum Gasteiger partial charge on any atom is 0.0139 e. The molecule has 0 heterocycles. The van der Waals surface area contributed by atoms with Gasteiger partial charge in [0.2, 0.25) is 0 Å². The number of hydrogen-bond acceptors (Lipinski definition) is 1. The molecule has 1 nitrogen and oxygen atoms in total. The molecule has 2 rings (SSSR count). The van der Waals surface area contributed by atoms with E-state index in [1.54, 1.807) is 11.1 Å². The lowest BCUT2D eigenvalue weighted by molar-refractivity contribution is 0.379. The average molecular weight is 257 g/mol. The predicted octanol–water partition coefficient (Wildman–Crippen LogP) is 4.44. The maximum absolute atomic E-state index is 4.05. The molecule has 0 aromatic heterocycles. The van der Waals surface area contributed by atoms with Crippen LogP contribution in [0.15, 0.2) is 36.4 Å². The highest BCUT2D eigenvalue weighted by Crippen LogP contribution is 2.35. The summed E-state index contributed by atoms with van der Waals surface area (Å²) in [5.41, 5.74) is 4.45. The summed E-state index contributed by atoms with van der Waals surface area (Å²) < 4.78 is 0. The molecule has 1 N–H and O–H groups in total. The van der Waals surface area contributed by atoms with E-state index in [1.165, 1.54) is 31.3 Å². The van der Waals surface area contributed by atoms with Gasteiger partial charge < -0.3 is 5.32 Å². The van der Waals surface area contributed by atoms with Gasteiger partial charge in [-0.1, -0.05) is 36.8 Å². The van der Waals surface area contributed by atoms with Crippen LogP contribution in [0.25, 0.3) is 0 Å². The van der Waals surface area contributed by atoms with Gasteiger partial charge in [-0.15, -0.1) is 6.58 Å².